The van der Waals surface area contributed by atoms with Crippen LogP contribution in [-0.2, 0) is 13.9 Å². The maximum Gasteiger partial charge on any atom is 0.192 e. The minimum Gasteiger partial charge on any atom is -0.495 e. The van der Waals surface area contributed by atoms with Crippen molar-refractivity contribution in [3.8, 4) is 0 Å². The van der Waals surface area contributed by atoms with Crippen molar-refractivity contribution in [1.82, 2.24) is 0 Å². The molecule has 2 aliphatic heterocycles. The Kier molecular flexibility index (Phi) is 5.75. The minimum absolute atomic E-state index is 0.0453. The highest BCUT2D eigenvalue weighted by Gasteiger charge is 2.44. The number of aliphatic hydroxyl groups excluding tert-OH is 1. The van der Waals surface area contributed by atoms with Crippen molar-refractivity contribution in [1.29, 1.82) is 0 Å². The van der Waals surface area contributed by atoms with E-state index < -0.39 is 14.4 Å². The molecule has 1 saturated heterocycles. The van der Waals surface area contributed by atoms with Crippen LogP contribution < -0.4 is 0 Å². The summed E-state index contributed by atoms with van der Waals surface area (Å²) in [5.41, 5.74) is 0. The number of aliphatic hydroxyl groups is 1. The molecule has 0 spiro atoms. The lowest BCUT2D eigenvalue weighted by Crippen LogP contribution is -2.52. The maximum atomic E-state index is 10.7. The minimum atomic E-state index is -1.88. The Hall–Kier alpha value is -0.363. The first-order chi connectivity index (χ1) is 10.2. The van der Waals surface area contributed by atoms with Crippen LogP contribution in [0, 0.1) is 0 Å². The molecule has 2 rings (SSSR count). The summed E-state index contributed by atoms with van der Waals surface area (Å²) in [5.74, 6) is 0.669. The fourth-order valence-corrected chi connectivity index (χ4v) is 4.06. The normalized spacial score (nSPS) is 28.7. The number of rotatable bonds is 4. The Morgan fingerprint density at radius 3 is 2.59 bits per heavy atom. The standard InChI is InChI=1S/C17H32O4Si/c1-17(2,3)22(4,5)21-14-10-8-12-20-16(14)15(18)13-9-6-7-11-19-13/h9,14-16,18H,6-8,10-12H2,1-5H3/t14-,15+,16-/m0/s1. The summed E-state index contributed by atoms with van der Waals surface area (Å²) < 4.78 is 18.1. The molecule has 2 aliphatic rings. The summed E-state index contributed by atoms with van der Waals surface area (Å²) in [4.78, 5) is 0. The van der Waals surface area contributed by atoms with E-state index in [4.69, 9.17) is 13.9 Å². The number of allylic oxidation sites excluding steroid dienone is 1. The third-order valence-corrected chi connectivity index (χ3v) is 9.63. The van der Waals surface area contributed by atoms with E-state index in [1.165, 1.54) is 0 Å². The van der Waals surface area contributed by atoms with Crippen LogP contribution in [0.4, 0.5) is 0 Å². The van der Waals surface area contributed by atoms with Crippen molar-refractivity contribution < 1.29 is 19.0 Å². The van der Waals surface area contributed by atoms with Crippen LogP contribution in [0.5, 0.6) is 0 Å². The molecular formula is C17H32O4Si. The molecule has 4 nitrogen and oxygen atoms in total. The molecule has 0 bridgehead atoms. The average Bonchev–Trinajstić information content (AvgIpc) is 2.46. The summed E-state index contributed by atoms with van der Waals surface area (Å²) in [6.45, 7) is 12.6. The van der Waals surface area contributed by atoms with Gasteiger partial charge in [-0.2, -0.15) is 0 Å². The largest absolute Gasteiger partial charge is 0.495 e. The van der Waals surface area contributed by atoms with Gasteiger partial charge in [0.05, 0.1) is 12.7 Å². The molecule has 22 heavy (non-hydrogen) atoms. The van der Waals surface area contributed by atoms with Gasteiger partial charge in [-0.15, -0.1) is 0 Å². The third kappa shape index (κ3) is 4.13. The topological polar surface area (TPSA) is 47.9 Å². The Balaban J connectivity index is 2.09. The Morgan fingerprint density at radius 1 is 1.27 bits per heavy atom. The van der Waals surface area contributed by atoms with Crippen molar-refractivity contribution in [3.63, 3.8) is 0 Å². The van der Waals surface area contributed by atoms with Gasteiger partial charge in [0.1, 0.15) is 18.0 Å². The lowest BCUT2D eigenvalue weighted by atomic mass is 9.98. The molecule has 0 aromatic rings. The first-order valence-corrected chi connectivity index (χ1v) is 11.4. The summed E-state index contributed by atoms with van der Waals surface area (Å²) in [5, 5.41) is 10.8. The molecule has 2 heterocycles. The molecule has 0 aromatic heterocycles. The summed E-state index contributed by atoms with van der Waals surface area (Å²) in [6, 6.07) is 0. The Labute approximate surface area is 136 Å². The van der Waals surface area contributed by atoms with Crippen LogP contribution in [0.15, 0.2) is 11.8 Å². The third-order valence-electron chi connectivity index (χ3n) is 5.13. The monoisotopic (exact) mass is 328 g/mol. The van der Waals surface area contributed by atoms with Gasteiger partial charge in [-0.1, -0.05) is 20.8 Å². The van der Waals surface area contributed by atoms with E-state index in [1.54, 1.807) is 0 Å². The van der Waals surface area contributed by atoms with Gasteiger partial charge in [0.2, 0.25) is 0 Å². The molecule has 0 radical (unpaired) electrons. The van der Waals surface area contributed by atoms with E-state index in [-0.39, 0.29) is 17.2 Å². The zero-order valence-electron chi connectivity index (χ0n) is 14.7. The van der Waals surface area contributed by atoms with E-state index in [1.807, 2.05) is 6.08 Å². The molecule has 0 aliphatic carbocycles. The molecule has 0 unspecified atom stereocenters. The van der Waals surface area contributed by atoms with E-state index in [9.17, 15) is 5.11 Å². The highest BCUT2D eigenvalue weighted by Crippen LogP contribution is 2.39. The Morgan fingerprint density at radius 2 is 2.00 bits per heavy atom. The summed E-state index contributed by atoms with van der Waals surface area (Å²) in [7, 11) is -1.88. The first-order valence-electron chi connectivity index (χ1n) is 8.53. The number of hydrogen-bond acceptors (Lipinski definition) is 4. The van der Waals surface area contributed by atoms with Crippen LogP contribution in [-0.4, -0.2) is 44.9 Å². The van der Waals surface area contributed by atoms with E-state index in [0.29, 0.717) is 19.0 Å². The van der Waals surface area contributed by atoms with Gasteiger partial charge in [-0.05, 0) is 49.9 Å². The predicted octanol–water partition coefficient (Wildman–Crippen LogP) is 3.61. The highest BCUT2D eigenvalue weighted by atomic mass is 28.4. The second kappa shape index (κ2) is 7.03. The van der Waals surface area contributed by atoms with Crippen molar-refractivity contribution >= 4 is 8.32 Å². The van der Waals surface area contributed by atoms with Gasteiger partial charge in [-0.25, -0.2) is 0 Å². The summed E-state index contributed by atoms with van der Waals surface area (Å²) in [6.07, 6.45) is 4.84. The van der Waals surface area contributed by atoms with Crippen LogP contribution in [0.2, 0.25) is 18.1 Å². The maximum absolute atomic E-state index is 10.7. The lowest BCUT2D eigenvalue weighted by Gasteiger charge is -2.44. The molecule has 1 N–H and O–H groups in total. The molecular weight excluding hydrogens is 296 g/mol. The average molecular weight is 329 g/mol. The smallest absolute Gasteiger partial charge is 0.192 e. The highest BCUT2D eigenvalue weighted by molar-refractivity contribution is 6.74. The zero-order chi connectivity index (χ0) is 16.4. The predicted molar refractivity (Wildman–Crippen MR) is 90.3 cm³/mol. The van der Waals surface area contributed by atoms with Crippen molar-refractivity contribution in [2.45, 2.75) is 82.9 Å². The van der Waals surface area contributed by atoms with Crippen molar-refractivity contribution in [2.24, 2.45) is 0 Å². The van der Waals surface area contributed by atoms with Crippen molar-refractivity contribution in [3.05, 3.63) is 11.8 Å². The van der Waals surface area contributed by atoms with Gasteiger partial charge < -0.3 is 19.0 Å². The van der Waals surface area contributed by atoms with E-state index in [0.717, 1.165) is 25.7 Å². The molecule has 5 heteroatoms. The molecule has 0 saturated carbocycles. The second-order valence-electron chi connectivity index (χ2n) is 7.94. The fraction of sp³-hybridized carbons (Fsp3) is 0.882. The Bertz CT molecular complexity index is 400. The quantitative estimate of drug-likeness (QED) is 0.801. The van der Waals surface area contributed by atoms with Gasteiger partial charge in [-0.3, -0.25) is 0 Å². The van der Waals surface area contributed by atoms with Crippen LogP contribution in [0.3, 0.4) is 0 Å². The van der Waals surface area contributed by atoms with Crippen LogP contribution in [0.25, 0.3) is 0 Å². The fourth-order valence-electron chi connectivity index (χ4n) is 2.70. The zero-order valence-corrected chi connectivity index (χ0v) is 15.7. The number of ether oxygens (including phenoxy) is 2. The second-order valence-corrected chi connectivity index (χ2v) is 12.7. The first kappa shape index (κ1) is 18.0. The van der Waals surface area contributed by atoms with Crippen molar-refractivity contribution in [2.75, 3.05) is 13.2 Å². The van der Waals surface area contributed by atoms with Gasteiger partial charge in [0.15, 0.2) is 8.32 Å². The van der Waals surface area contributed by atoms with Gasteiger partial charge in [0.25, 0.3) is 0 Å². The van der Waals surface area contributed by atoms with Crippen LogP contribution >= 0.6 is 0 Å². The van der Waals surface area contributed by atoms with Gasteiger partial charge >= 0.3 is 0 Å². The van der Waals surface area contributed by atoms with Crippen LogP contribution in [0.1, 0.15) is 46.5 Å². The molecule has 3 atom stereocenters. The molecule has 0 aromatic carbocycles. The lowest BCUT2D eigenvalue weighted by molar-refractivity contribution is -0.123. The summed E-state index contributed by atoms with van der Waals surface area (Å²) >= 11 is 0. The molecule has 0 amide bonds. The SMILES string of the molecule is CC(C)(C)[Si](C)(C)O[C@H]1CCCO[C@@H]1[C@H](O)C1=CCCCO1. The number of hydrogen-bond donors (Lipinski definition) is 1. The van der Waals surface area contributed by atoms with E-state index in [2.05, 4.69) is 33.9 Å². The molecule has 128 valence electrons. The van der Waals surface area contributed by atoms with Gasteiger partial charge in [0, 0.05) is 6.61 Å². The molecule has 1 fully saturated rings. The van der Waals surface area contributed by atoms with E-state index >= 15 is 0 Å².